The predicted molar refractivity (Wildman–Crippen MR) is 31.9 cm³/mol. The Hall–Kier alpha value is 0.608. The average Bonchev–Trinajstić information content (AvgIpc) is 1.68. The van der Waals surface area contributed by atoms with Gasteiger partial charge in [0.25, 0.3) is 0 Å². The zero-order chi connectivity index (χ0) is 5.70. The quantitative estimate of drug-likeness (QED) is 0.766. The van der Waals surface area contributed by atoms with Crippen LogP contribution in [0.4, 0.5) is 0 Å². The molecule has 3 heteroatoms. The van der Waals surface area contributed by atoms with Gasteiger partial charge < -0.3 is 11.5 Å². The van der Waals surface area contributed by atoms with Crippen LogP contribution in [0.1, 0.15) is 13.3 Å². The van der Waals surface area contributed by atoms with Crippen LogP contribution >= 0.6 is 0 Å². The van der Waals surface area contributed by atoms with Crippen molar-refractivity contribution in [2.45, 2.75) is 13.3 Å². The van der Waals surface area contributed by atoms with Gasteiger partial charge in [-0.05, 0) is 25.4 Å². The molecule has 8 heavy (non-hydrogen) atoms. The molecule has 0 saturated heterocycles. The molecule has 4 N–H and O–H groups in total. The first-order chi connectivity index (χ1) is 3.31. The third-order valence-electron chi connectivity index (χ3n) is 1.06. The first kappa shape index (κ1) is 11.4. The molecule has 0 aromatic rings. The van der Waals surface area contributed by atoms with Crippen molar-refractivity contribution in [2.24, 2.45) is 17.4 Å². The summed E-state index contributed by atoms with van der Waals surface area (Å²) in [6.45, 7) is 3.63. The van der Waals surface area contributed by atoms with Crippen molar-refractivity contribution >= 4 is 0 Å². The van der Waals surface area contributed by atoms with Crippen LogP contribution in [0.2, 0.25) is 0 Å². The SMILES string of the molecule is C[C@@H](CN)CCN.[Pt+2]. The maximum atomic E-state index is 5.30. The smallest absolute Gasteiger partial charge is 0.330 e. The van der Waals surface area contributed by atoms with Gasteiger partial charge in [-0.25, -0.2) is 0 Å². The Morgan fingerprint density at radius 1 is 1.38 bits per heavy atom. The number of rotatable bonds is 3. The van der Waals surface area contributed by atoms with Crippen molar-refractivity contribution in [3.8, 4) is 0 Å². The van der Waals surface area contributed by atoms with Gasteiger partial charge in [0, 0.05) is 0 Å². The maximum absolute atomic E-state index is 5.30. The van der Waals surface area contributed by atoms with Crippen LogP contribution in [0.5, 0.6) is 0 Å². The molecule has 0 aliphatic carbocycles. The summed E-state index contributed by atoms with van der Waals surface area (Å²) in [5.41, 5.74) is 10.6. The summed E-state index contributed by atoms with van der Waals surface area (Å²) in [5, 5.41) is 0. The topological polar surface area (TPSA) is 52.0 Å². The fourth-order valence-electron chi connectivity index (χ4n) is 0.402. The second-order valence-electron chi connectivity index (χ2n) is 1.92. The van der Waals surface area contributed by atoms with Crippen LogP contribution in [-0.4, -0.2) is 13.1 Å². The normalized spacial score (nSPS) is 12.4. The molecule has 0 bridgehead atoms. The fourth-order valence-corrected chi connectivity index (χ4v) is 0.402. The zero-order valence-electron chi connectivity index (χ0n) is 5.17. The standard InChI is InChI=1S/C5H14N2.Pt/c1-5(4-7)2-3-6;/h5H,2-4,6-7H2,1H3;/q;+2/t5-;/m1./s1. The van der Waals surface area contributed by atoms with Crippen molar-refractivity contribution in [3.05, 3.63) is 0 Å². The van der Waals surface area contributed by atoms with E-state index in [4.69, 9.17) is 11.5 Å². The monoisotopic (exact) mass is 297 g/mol. The van der Waals surface area contributed by atoms with Gasteiger partial charge in [0.05, 0.1) is 0 Å². The summed E-state index contributed by atoms with van der Waals surface area (Å²) in [4.78, 5) is 0. The molecule has 0 saturated carbocycles. The Kier molecular flexibility index (Phi) is 10.9. The molecule has 0 heterocycles. The summed E-state index contributed by atoms with van der Waals surface area (Å²) in [7, 11) is 0. The number of nitrogens with two attached hydrogens (primary N) is 2. The average molecular weight is 297 g/mol. The van der Waals surface area contributed by atoms with Crippen molar-refractivity contribution < 1.29 is 21.1 Å². The molecule has 1 atom stereocenters. The molecule has 0 fully saturated rings. The van der Waals surface area contributed by atoms with E-state index in [0.29, 0.717) is 5.92 Å². The molecule has 0 amide bonds. The van der Waals surface area contributed by atoms with Crippen molar-refractivity contribution in [1.82, 2.24) is 0 Å². The Bertz CT molecular complexity index is 41.4. The second-order valence-corrected chi connectivity index (χ2v) is 1.92. The van der Waals surface area contributed by atoms with Crippen molar-refractivity contribution in [1.29, 1.82) is 0 Å². The molecule has 0 aromatic carbocycles. The Morgan fingerprint density at radius 2 is 1.88 bits per heavy atom. The van der Waals surface area contributed by atoms with Gasteiger partial charge in [-0.3, -0.25) is 0 Å². The van der Waals surface area contributed by atoms with E-state index >= 15 is 0 Å². The maximum Gasteiger partial charge on any atom is 2.00 e. The van der Waals surface area contributed by atoms with Crippen LogP contribution < -0.4 is 11.5 Å². The number of hydrogen-bond acceptors (Lipinski definition) is 2. The van der Waals surface area contributed by atoms with E-state index < -0.39 is 0 Å². The molecule has 0 rings (SSSR count). The van der Waals surface area contributed by atoms with Crippen LogP contribution in [0.25, 0.3) is 0 Å². The van der Waals surface area contributed by atoms with Crippen LogP contribution in [0, 0.1) is 5.92 Å². The van der Waals surface area contributed by atoms with E-state index in [0.717, 1.165) is 19.5 Å². The minimum Gasteiger partial charge on any atom is -0.330 e. The van der Waals surface area contributed by atoms with Crippen molar-refractivity contribution in [2.75, 3.05) is 13.1 Å². The third-order valence-corrected chi connectivity index (χ3v) is 1.06. The molecule has 0 aliphatic rings. The number of hydrogen-bond donors (Lipinski definition) is 2. The minimum absolute atomic E-state index is 0. The molecule has 52 valence electrons. The van der Waals surface area contributed by atoms with Gasteiger partial charge in [-0.15, -0.1) is 0 Å². The van der Waals surface area contributed by atoms with Gasteiger partial charge in [-0.2, -0.15) is 0 Å². The summed E-state index contributed by atoms with van der Waals surface area (Å²) >= 11 is 0. The van der Waals surface area contributed by atoms with E-state index in [9.17, 15) is 0 Å². The van der Waals surface area contributed by atoms with E-state index in [2.05, 4.69) is 6.92 Å². The molecule has 0 aromatic heterocycles. The summed E-state index contributed by atoms with van der Waals surface area (Å²) in [6, 6.07) is 0. The van der Waals surface area contributed by atoms with Gasteiger partial charge in [0.2, 0.25) is 0 Å². The van der Waals surface area contributed by atoms with E-state index in [1.807, 2.05) is 0 Å². The Morgan fingerprint density at radius 3 is 2.00 bits per heavy atom. The fraction of sp³-hybridized carbons (Fsp3) is 1.00. The summed E-state index contributed by atoms with van der Waals surface area (Å²) < 4.78 is 0. The van der Waals surface area contributed by atoms with E-state index in [1.165, 1.54) is 0 Å². The van der Waals surface area contributed by atoms with Gasteiger partial charge in [0.1, 0.15) is 0 Å². The summed E-state index contributed by atoms with van der Waals surface area (Å²) in [5.74, 6) is 0.602. The third kappa shape index (κ3) is 6.61. The molecule has 0 unspecified atom stereocenters. The van der Waals surface area contributed by atoms with Gasteiger partial charge in [0.15, 0.2) is 0 Å². The molecule has 0 aliphatic heterocycles. The van der Waals surface area contributed by atoms with E-state index in [1.54, 1.807) is 0 Å². The first-order valence-electron chi connectivity index (χ1n) is 2.71. The molecule has 0 spiro atoms. The van der Waals surface area contributed by atoms with Crippen LogP contribution in [0.3, 0.4) is 0 Å². The summed E-state index contributed by atoms with van der Waals surface area (Å²) in [6.07, 6.45) is 1.05. The molecular formula is C5H14N2Pt+2. The molecule has 0 radical (unpaired) electrons. The minimum atomic E-state index is 0. The van der Waals surface area contributed by atoms with Crippen LogP contribution in [0.15, 0.2) is 0 Å². The Balaban J connectivity index is 0. The molecular weight excluding hydrogens is 283 g/mol. The molecule has 2 nitrogen and oxygen atoms in total. The van der Waals surface area contributed by atoms with Crippen LogP contribution in [-0.2, 0) is 21.1 Å². The largest absolute Gasteiger partial charge is 2.00 e. The van der Waals surface area contributed by atoms with Gasteiger partial charge in [-0.1, -0.05) is 6.92 Å². The Labute approximate surface area is 65.3 Å². The first-order valence-corrected chi connectivity index (χ1v) is 2.71. The van der Waals surface area contributed by atoms with Gasteiger partial charge >= 0.3 is 21.1 Å². The van der Waals surface area contributed by atoms with E-state index in [-0.39, 0.29) is 21.1 Å². The predicted octanol–water partition coefficient (Wildman–Crippen LogP) is -0.0725. The van der Waals surface area contributed by atoms with Crippen molar-refractivity contribution in [3.63, 3.8) is 0 Å². The zero-order valence-corrected chi connectivity index (χ0v) is 7.44. The second kappa shape index (κ2) is 7.61.